The largest absolute Gasteiger partial charge is 0.472 e. The Morgan fingerprint density at radius 1 is 0.386 bits per heavy atom. The monoisotopic (exact) mass is 1010 g/mol. The number of carbonyl (C=O) groups is 3. The quantitative estimate of drug-likeness (QED) is 0.0197. The van der Waals surface area contributed by atoms with Crippen molar-refractivity contribution in [2.75, 3.05) is 26.4 Å². The van der Waals surface area contributed by atoms with Crippen LogP contribution in [-0.2, 0) is 42.2 Å². The van der Waals surface area contributed by atoms with Crippen LogP contribution in [0.3, 0.4) is 0 Å². The van der Waals surface area contributed by atoms with E-state index in [-0.39, 0.29) is 25.9 Å². The number of phosphoric ester groups is 1. The molecule has 3 unspecified atom stereocenters. The first kappa shape index (κ1) is 68.0. The Morgan fingerprint density at radius 2 is 0.671 bits per heavy atom. The van der Waals surface area contributed by atoms with Crippen molar-refractivity contribution in [3.8, 4) is 0 Å². The number of esters is 3. The van der Waals surface area contributed by atoms with E-state index in [4.69, 9.17) is 23.3 Å². The molecule has 0 radical (unpaired) electrons. The Bertz CT molecular complexity index is 1270. The summed E-state index contributed by atoms with van der Waals surface area (Å²) in [6, 6.07) is 0. The number of aliphatic hydroxyl groups is 1. The molecule has 0 aromatic rings. The van der Waals surface area contributed by atoms with Gasteiger partial charge in [-0.1, -0.05) is 231 Å². The van der Waals surface area contributed by atoms with Gasteiger partial charge in [-0.2, -0.15) is 0 Å². The minimum atomic E-state index is -4.74. The lowest BCUT2D eigenvalue weighted by Gasteiger charge is -2.21. The topological polar surface area (TPSA) is 155 Å². The van der Waals surface area contributed by atoms with Gasteiger partial charge in [-0.3, -0.25) is 23.4 Å². The Labute approximate surface area is 429 Å². The summed E-state index contributed by atoms with van der Waals surface area (Å²) >= 11 is 0. The molecule has 0 fully saturated rings. The maximum absolute atomic E-state index is 12.9. The zero-order valence-corrected chi connectivity index (χ0v) is 46.4. The summed E-state index contributed by atoms with van der Waals surface area (Å²) in [5.74, 6) is -1.46. The molecule has 0 spiro atoms. The van der Waals surface area contributed by atoms with E-state index >= 15 is 0 Å². The number of allylic oxidation sites excluding steroid dienone is 4. The van der Waals surface area contributed by atoms with Crippen molar-refractivity contribution >= 4 is 25.7 Å². The van der Waals surface area contributed by atoms with Crippen molar-refractivity contribution in [2.45, 2.75) is 303 Å². The number of carbonyl (C=O) groups excluding carboxylic acids is 3. The van der Waals surface area contributed by atoms with Crippen LogP contribution in [0.25, 0.3) is 0 Å². The standard InChI is InChI=1S/C58H109O11P/c1-4-7-10-13-16-19-22-24-26-27-29-30-33-35-38-41-44-47-56(60)65-51-55(69-58(62)49-46-43-40-37-34-31-28-25-23-20-17-14-11-8-5-2)53-67-70(63,64)66-52-54(50-59)68-57(61)48-45-42-39-36-32-21-18-15-12-9-6-3/h15,18,24,26,54-55,59H,4-14,16-17,19-23,25,27-53H2,1-3H3,(H,63,64)/b18-15-,26-24-. The third kappa shape index (κ3) is 50.9. The lowest BCUT2D eigenvalue weighted by molar-refractivity contribution is -0.161. The number of phosphoric acid groups is 1. The predicted molar refractivity (Wildman–Crippen MR) is 289 cm³/mol. The summed E-state index contributed by atoms with van der Waals surface area (Å²) < 4.78 is 39.5. The molecule has 0 saturated carbocycles. The maximum Gasteiger partial charge on any atom is 0.472 e. The van der Waals surface area contributed by atoms with Crippen molar-refractivity contribution in [3.63, 3.8) is 0 Å². The van der Waals surface area contributed by atoms with Gasteiger partial charge >= 0.3 is 25.7 Å². The van der Waals surface area contributed by atoms with Crippen molar-refractivity contribution in [2.24, 2.45) is 0 Å². The molecule has 3 atom stereocenters. The van der Waals surface area contributed by atoms with Gasteiger partial charge in [0.25, 0.3) is 0 Å². The van der Waals surface area contributed by atoms with E-state index in [9.17, 15) is 28.9 Å². The molecule has 2 N–H and O–H groups in total. The molecule has 0 aliphatic rings. The number of unbranched alkanes of at least 4 members (excludes halogenated alkanes) is 34. The summed E-state index contributed by atoms with van der Waals surface area (Å²) in [6.07, 6.45) is 52.8. The van der Waals surface area contributed by atoms with Crippen LogP contribution >= 0.6 is 7.82 Å². The molecule has 412 valence electrons. The Morgan fingerprint density at radius 3 is 1.03 bits per heavy atom. The van der Waals surface area contributed by atoms with Crippen LogP contribution in [0.5, 0.6) is 0 Å². The van der Waals surface area contributed by atoms with Gasteiger partial charge in [0, 0.05) is 19.3 Å². The highest BCUT2D eigenvalue weighted by molar-refractivity contribution is 7.47. The van der Waals surface area contributed by atoms with Gasteiger partial charge in [0.15, 0.2) is 6.10 Å². The van der Waals surface area contributed by atoms with Gasteiger partial charge in [0.1, 0.15) is 12.7 Å². The molecule has 0 aliphatic heterocycles. The first-order valence-electron chi connectivity index (χ1n) is 29.2. The number of rotatable bonds is 55. The maximum atomic E-state index is 12.9. The lowest BCUT2D eigenvalue weighted by Crippen LogP contribution is -2.30. The number of ether oxygens (including phenoxy) is 3. The SMILES string of the molecule is CCCC/C=C\CCCCCCCC(=O)OC(CO)COP(=O)(O)OCC(COC(=O)CCCCCCCCC/C=C\CCCCCCCC)OC(=O)CCCCCCCCCCCCCCCCC. The normalized spacial score (nSPS) is 13.5. The average molecular weight is 1010 g/mol. The molecule has 70 heavy (non-hydrogen) atoms. The lowest BCUT2D eigenvalue weighted by atomic mass is 10.0. The molecular formula is C58H109O11P. The van der Waals surface area contributed by atoms with Crippen LogP contribution in [-0.4, -0.2) is 66.5 Å². The van der Waals surface area contributed by atoms with Crippen molar-refractivity contribution in [3.05, 3.63) is 24.3 Å². The van der Waals surface area contributed by atoms with Crippen LogP contribution in [0.15, 0.2) is 24.3 Å². The minimum absolute atomic E-state index is 0.170. The molecule has 12 heteroatoms. The summed E-state index contributed by atoms with van der Waals surface area (Å²) in [7, 11) is -4.74. The molecule has 11 nitrogen and oxygen atoms in total. The van der Waals surface area contributed by atoms with Crippen LogP contribution in [0, 0.1) is 0 Å². The van der Waals surface area contributed by atoms with Gasteiger partial charge in [-0.15, -0.1) is 0 Å². The Kier molecular flexibility index (Phi) is 51.7. The van der Waals surface area contributed by atoms with Crippen LogP contribution in [0.4, 0.5) is 0 Å². The highest BCUT2D eigenvalue weighted by Crippen LogP contribution is 2.43. The van der Waals surface area contributed by atoms with E-state index in [2.05, 4.69) is 45.1 Å². The summed E-state index contributed by atoms with van der Waals surface area (Å²) in [6.45, 7) is 4.63. The molecule has 0 aromatic heterocycles. The second kappa shape index (κ2) is 53.3. The van der Waals surface area contributed by atoms with Crippen LogP contribution in [0.2, 0.25) is 0 Å². The van der Waals surface area contributed by atoms with E-state index in [1.165, 1.54) is 148 Å². The molecule has 0 saturated heterocycles. The smallest absolute Gasteiger partial charge is 0.462 e. The van der Waals surface area contributed by atoms with E-state index in [0.29, 0.717) is 19.3 Å². The highest BCUT2D eigenvalue weighted by Gasteiger charge is 2.28. The summed E-state index contributed by atoms with van der Waals surface area (Å²) in [4.78, 5) is 48.5. The van der Waals surface area contributed by atoms with Crippen LogP contribution in [0.1, 0.15) is 290 Å². The van der Waals surface area contributed by atoms with E-state index in [0.717, 1.165) is 83.5 Å². The van der Waals surface area contributed by atoms with Crippen LogP contribution < -0.4 is 0 Å². The van der Waals surface area contributed by atoms with Gasteiger partial charge in [-0.25, -0.2) is 4.57 Å². The van der Waals surface area contributed by atoms with Crippen molar-refractivity contribution in [1.29, 1.82) is 0 Å². The van der Waals surface area contributed by atoms with Gasteiger partial charge < -0.3 is 24.2 Å². The average Bonchev–Trinajstić information content (AvgIpc) is 3.35. The third-order valence-electron chi connectivity index (χ3n) is 12.8. The Hall–Kier alpha value is -2.04. The van der Waals surface area contributed by atoms with Crippen molar-refractivity contribution in [1.82, 2.24) is 0 Å². The molecule has 0 bridgehead atoms. The van der Waals surface area contributed by atoms with E-state index < -0.39 is 57.8 Å². The first-order valence-corrected chi connectivity index (χ1v) is 30.7. The van der Waals surface area contributed by atoms with Gasteiger partial charge in [0.2, 0.25) is 0 Å². The molecule has 0 amide bonds. The fourth-order valence-electron chi connectivity index (χ4n) is 8.33. The zero-order valence-electron chi connectivity index (χ0n) is 45.5. The highest BCUT2D eigenvalue weighted by atomic mass is 31.2. The minimum Gasteiger partial charge on any atom is -0.462 e. The number of aliphatic hydroxyl groups excluding tert-OH is 1. The first-order chi connectivity index (χ1) is 34.2. The summed E-state index contributed by atoms with van der Waals surface area (Å²) in [5.41, 5.74) is 0. The summed E-state index contributed by atoms with van der Waals surface area (Å²) in [5, 5.41) is 9.79. The number of hydrogen-bond acceptors (Lipinski definition) is 10. The van der Waals surface area contributed by atoms with E-state index in [1.54, 1.807) is 0 Å². The second-order valence-corrected chi connectivity index (χ2v) is 21.3. The molecule has 0 aliphatic carbocycles. The van der Waals surface area contributed by atoms with Gasteiger partial charge in [-0.05, 0) is 64.2 Å². The molecular weight excluding hydrogens is 904 g/mol. The van der Waals surface area contributed by atoms with E-state index in [1.807, 2.05) is 0 Å². The number of hydrogen-bond donors (Lipinski definition) is 2. The zero-order chi connectivity index (χ0) is 51.3. The molecule has 0 rings (SSSR count). The van der Waals surface area contributed by atoms with Gasteiger partial charge in [0.05, 0.1) is 19.8 Å². The third-order valence-corrected chi connectivity index (χ3v) is 13.8. The second-order valence-electron chi connectivity index (χ2n) is 19.8. The fourth-order valence-corrected chi connectivity index (χ4v) is 9.12. The molecule has 0 heterocycles. The Balaban J connectivity index is 4.69. The fraction of sp³-hybridized carbons (Fsp3) is 0.879. The molecule has 0 aromatic carbocycles. The van der Waals surface area contributed by atoms with Crippen molar-refractivity contribution < 1.29 is 52.2 Å². The predicted octanol–water partition coefficient (Wildman–Crippen LogP) is 17.0.